The van der Waals surface area contributed by atoms with Crippen molar-refractivity contribution in [1.29, 1.82) is 0 Å². The van der Waals surface area contributed by atoms with Crippen molar-refractivity contribution in [2.45, 2.75) is 39.5 Å². The molecule has 0 spiro atoms. The minimum absolute atomic E-state index is 0.714. The average molecular weight is 265 g/mol. The molecule has 0 fully saturated rings. The van der Waals surface area contributed by atoms with E-state index in [0.717, 1.165) is 51.2 Å². The first-order valence-electron chi connectivity index (χ1n) is 7.21. The molecule has 108 valence electrons. The van der Waals surface area contributed by atoms with Crippen molar-refractivity contribution in [1.82, 2.24) is 0 Å². The number of ether oxygens (including phenoxy) is 2. The Morgan fingerprint density at radius 3 is 2.21 bits per heavy atom. The van der Waals surface area contributed by atoms with E-state index in [9.17, 15) is 0 Å². The molecule has 3 nitrogen and oxygen atoms in total. The van der Waals surface area contributed by atoms with E-state index in [1.54, 1.807) is 0 Å². The second-order valence-electron chi connectivity index (χ2n) is 4.99. The van der Waals surface area contributed by atoms with Crippen LogP contribution >= 0.6 is 0 Å². The van der Waals surface area contributed by atoms with Crippen molar-refractivity contribution in [3.63, 3.8) is 0 Å². The quantitative estimate of drug-likeness (QED) is 0.661. The van der Waals surface area contributed by atoms with Gasteiger partial charge in [-0.3, -0.25) is 0 Å². The van der Waals surface area contributed by atoms with Gasteiger partial charge in [0.05, 0.1) is 6.61 Å². The Kier molecular flexibility index (Phi) is 8.26. The molecule has 0 heterocycles. The summed E-state index contributed by atoms with van der Waals surface area (Å²) in [5.41, 5.74) is 7.91. The van der Waals surface area contributed by atoms with Gasteiger partial charge in [-0.1, -0.05) is 6.07 Å². The number of rotatable bonds is 10. The summed E-state index contributed by atoms with van der Waals surface area (Å²) in [7, 11) is 0. The lowest BCUT2D eigenvalue weighted by Gasteiger charge is -2.08. The summed E-state index contributed by atoms with van der Waals surface area (Å²) in [5.74, 6) is 0.959. The Labute approximate surface area is 117 Å². The maximum atomic E-state index is 5.72. The van der Waals surface area contributed by atoms with E-state index in [2.05, 4.69) is 32.0 Å². The smallest absolute Gasteiger partial charge is 0.119 e. The van der Waals surface area contributed by atoms with Gasteiger partial charge in [0.2, 0.25) is 0 Å². The van der Waals surface area contributed by atoms with Crippen LogP contribution in [-0.4, -0.2) is 26.4 Å². The van der Waals surface area contributed by atoms with Gasteiger partial charge in [0, 0.05) is 19.6 Å². The third kappa shape index (κ3) is 7.85. The third-order valence-electron chi connectivity index (χ3n) is 2.89. The fourth-order valence-electron chi connectivity index (χ4n) is 1.99. The molecule has 3 heteroatoms. The highest BCUT2D eigenvalue weighted by Crippen LogP contribution is 2.16. The zero-order chi connectivity index (χ0) is 13.9. The molecule has 1 rings (SSSR count). The Balaban J connectivity index is 2.01. The molecule has 0 bridgehead atoms. The molecule has 0 saturated heterocycles. The minimum Gasteiger partial charge on any atom is -0.493 e. The summed E-state index contributed by atoms with van der Waals surface area (Å²) < 4.78 is 11.3. The molecule has 2 N–H and O–H groups in total. The van der Waals surface area contributed by atoms with Crippen LogP contribution in [0.25, 0.3) is 0 Å². The van der Waals surface area contributed by atoms with Crippen LogP contribution in [0.3, 0.4) is 0 Å². The van der Waals surface area contributed by atoms with Gasteiger partial charge in [-0.2, -0.15) is 0 Å². The van der Waals surface area contributed by atoms with Crippen LogP contribution in [0.5, 0.6) is 5.75 Å². The van der Waals surface area contributed by atoms with Gasteiger partial charge in [-0.05, 0) is 62.9 Å². The van der Waals surface area contributed by atoms with Gasteiger partial charge < -0.3 is 15.2 Å². The lowest BCUT2D eigenvalue weighted by atomic mass is 10.1. The molecule has 0 saturated carbocycles. The predicted octanol–water partition coefficient (Wildman–Crippen LogP) is 3.22. The number of hydrogen-bond acceptors (Lipinski definition) is 3. The van der Waals surface area contributed by atoms with Crippen LogP contribution in [-0.2, 0) is 4.74 Å². The van der Waals surface area contributed by atoms with E-state index in [0.29, 0.717) is 6.61 Å². The Bertz CT molecular complexity index is 332. The number of unbranched alkanes of at least 4 members (excludes halogenated alkanes) is 2. The average Bonchev–Trinajstić information content (AvgIpc) is 2.36. The molecule has 0 aliphatic carbocycles. The lowest BCUT2D eigenvalue weighted by Crippen LogP contribution is -2.05. The van der Waals surface area contributed by atoms with Crippen LogP contribution in [0.15, 0.2) is 18.2 Å². The van der Waals surface area contributed by atoms with E-state index >= 15 is 0 Å². The highest BCUT2D eigenvalue weighted by atomic mass is 16.5. The summed E-state index contributed by atoms with van der Waals surface area (Å²) in [4.78, 5) is 0. The van der Waals surface area contributed by atoms with Crippen LogP contribution in [0.2, 0.25) is 0 Å². The predicted molar refractivity (Wildman–Crippen MR) is 79.8 cm³/mol. The van der Waals surface area contributed by atoms with Crippen molar-refractivity contribution in [2.24, 2.45) is 5.73 Å². The molecule has 0 aliphatic rings. The first kappa shape index (κ1) is 16.0. The van der Waals surface area contributed by atoms with Crippen LogP contribution in [0.1, 0.15) is 36.8 Å². The summed E-state index contributed by atoms with van der Waals surface area (Å²) in [5, 5.41) is 0. The third-order valence-corrected chi connectivity index (χ3v) is 2.89. The van der Waals surface area contributed by atoms with Crippen molar-refractivity contribution in [2.75, 3.05) is 26.4 Å². The van der Waals surface area contributed by atoms with E-state index in [-0.39, 0.29) is 0 Å². The second kappa shape index (κ2) is 9.82. The fourth-order valence-corrected chi connectivity index (χ4v) is 1.99. The Morgan fingerprint density at radius 2 is 1.53 bits per heavy atom. The Morgan fingerprint density at radius 1 is 0.842 bits per heavy atom. The van der Waals surface area contributed by atoms with Gasteiger partial charge in [0.25, 0.3) is 0 Å². The maximum Gasteiger partial charge on any atom is 0.119 e. The second-order valence-corrected chi connectivity index (χ2v) is 4.99. The molecule has 0 unspecified atom stereocenters. The lowest BCUT2D eigenvalue weighted by molar-refractivity contribution is 0.116. The summed E-state index contributed by atoms with van der Waals surface area (Å²) in [6, 6.07) is 6.29. The van der Waals surface area contributed by atoms with E-state index < -0.39 is 0 Å². The normalized spacial score (nSPS) is 10.7. The monoisotopic (exact) mass is 265 g/mol. The number of hydrogen-bond donors (Lipinski definition) is 1. The molecular weight excluding hydrogens is 238 g/mol. The summed E-state index contributed by atoms with van der Waals surface area (Å²) in [6.07, 6.45) is 4.30. The van der Waals surface area contributed by atoms with Crippen LogP contribution in [0.4, 0.5) is 0 Å². The number of nitrogens with two attached hydrogens (primary N) is 1. The topological polar surface area (TPSA) is 44.5 Å². The van der Waals surface area contributed by atoms with Crippen molar-refractivity contribution < 1.29 is 9.47 Å². The van der Waals surface area contributed by atoms with E-state index in [4.69, 9.17) is 15.2 Å². The molecule has 0 aliphatic heterocycles. The van der Waals surface area contributed by atoms with Gasteiger partial charge in [0.1, 0.15) is 5.75 Å². The number of aryl methyl sites for hydroxylation is 2. The minimum atomic E-state index is 0.714. The molecule has 0 radical (unpaired) electrons. The van der Waals surface area contributed by atoms with Crippen molar-refractivity contribution in [3.05, 3.63) is 29.3 Å². The maximum absolute atomic E-state index is 5.72. The Hall–Kier alpha value is -1.06. The molecule has 0 atom stereocenters. The van der Waals surface area contributed by atoms with Crippen molar-refractivity contribution >= 4 is 0 Å². The van der Waals surface area contributed by atoms with Gasteiger partial charge in [-0.15, -0.1) is 0 Å². The molecule has 1 aromatic carbocycles. The largest absolute Gasteiger partial charge is 0.493 e. The van der Waals surface area contributed by atoms with Gasteiger partial charge in [-0.25, -0.2) is 0 Å². The standard InChI is InChI=1S/C16H27NO2/c1-14-11-15(2)13-16(12-14)19-10-6-9-18-8-5-3-4-7-17/h11-13H,3-10,17H2,1-2H3. The van der Waals surface area contributed by atoms with Gasteiger partial charge in [0.15, 0.2) is 0 Å². The highest BCUT2D eigenvalue weighted by Gasteiger charge is 1.97. The summed E-state index contributed by atoms with van der Waals surface area (Å²) >= 11 is 0. The van der Waals surface area contributed by atoms with Crippen LogP contribution < -0.4 is 10.5 Å². The molecular formula is C16H27NO2. The van der Waals surface area contributed by atoms with E-state index in [1.807, 2.05) is 0 Å². The first-order valence-corrected chi connectivity index (χ1v) is 7.21. The molecule has 19 heavy (non-hydrogen) atoms. The van der Waals surface area contributed by atoms with Crippen molar-refractivity contribution in [3.8, 4) is 5.75 Å². The summed E-state index contributed by atoms with van der Waals surface area (Å²) in [6.45, 7) is 7.28. The fraction of sp³-hybridized carbons (Fsp3) is 0.625. The molecule has 0 amide bonds. The molecule has 1 aromatic rings. The zero-order valence-electron chi connectivity index (χ0n) is 12.3. The number of benzene rings is 1. The molecule has 0 aromatic heterocycles. The van der Waals surface area contributed by atoms with Gasteiger partial charge >= 0.3 is 0 Å². The SMILES string of the molecule is Cc1cc(C)cc(OCCCOCCCCCN)c1. The van der Waals surface area contributed by atoms with Crippen LogP contribution in [0, 0.1) is 13.8 Å². The zero-order valence-corrected chi connectivity index (χ0v) is 12.3. The van der Waals surface area contributed by atoms with E-state index in [1.165, 1.54) is 11.1 Å². The first-order chi connectivity index (χ1) is 9.22. The highest BCUT2D eigenvalue weighted by molar-refractivity contribution is 5.32.